The molecule has 2 aromatic carbocycles. The summed E-state index contributed by atoms with van der Waals surface area (Å²) in [5, 5.41) is 12.7. The van der Waals surface area contributed by atoms with Crippen LogP contribution in [0.2, 0.25) is 0 Å². The molecule has 5 rings (SSSR count). The summed E-state index contributed by atoms with van der Waals surface area (Å²) in [6.07, 6.45) is 5.93. The van der Waals surface area contributed by atoms with Crippen LogP contribution in [0.1, 0.15) is 43.2 Å². The van der Waals surface area contributed by atoms with Crippen LogP contribution < -0.4 is 14.8 Å². The van der Waals surface area contributed by atoms with Crippen molar-refractivity contribution < 1.29 is 24.1 Å². The normalized spacial score (nSPS) is 19.7. The first kappa shape index (κ1) is 22.8. The summed E-state index contributed by atoms with van der Waals surface area (Å²) in [6.45, 7) is 3.83. The topological polar surface area (TPSA) is 80.3 Å². The summed E-state index contributed by atoms with van der Waals surface area (Å²) < 4.78 is 16.7. The first-order chi connectivity index (χ1) is 16.6. The smallest absolute Gasteiger partial charge is 0.317 e. The molecule has 3 aliphatic rings. The van der Waals surface area contributed by atoms with Crippen molar-refractivity contribution in [2.24, 2.45) is 5.92 Å². The fraction of sp³-hybridized carbons (Fsp3) is 0.519. The van der Waals surface area contributed by atoms with E-state index in [4.69, 9.17) is 14.2 Å². The van der Waals surface area contributed by atoms with Gasteiger partial charge < -0.3 is 29.5 Å². The molecule has 0 saturated carbocycles. The highest BCUT2D eigenvalue weighted by Crippen LogP contribution is 2.40. The van der Waals surface area contributed by atoms with Gasteiger partial charge in [-0.15, -0.1) is 0 Å². The maximum atomic E-state index is 13.0. The number of fused-ring (bicyclic) bond motifs is 1. The highest BCUT2D eigenvalue weighted by molar-refractivity contribution is 5.74. The summed E-state index contributed by atoms with van der Waals surface area (Å²) >= 11 is 0. The predicted molar refractivity (Wildman–Crippen MR) is 128 cm³/mol. The maximum Gasteiger partial charge on any atom is 0.317 e. The number of phenolic OH excluding ortho intramolecular Hbond substituents is 1. The van der Waals surface area contributed by atoms with E-state index in [2.05, 4.69) is 17.4 Å². The SMILES string of the molecule is O=C(NCC1(c2ccc3c(c2)OCO3)CCOCC1)N1CCC(CCc2ccc(O)cc2)CC1. The zero-order valence-electron chi connectivity index (χ0n) is 19.6. The van der Waals surface area contributed by atoms with Gasteiger partial charge in [-0.2, -0.15) is 0 Å². The highest BCUT2D eigenvalue weighted by Gasteiger charge is 2.36. The van der Waals surface area contributed by atoms with Gasteiger partial charge in [0.25, 0.3) is 0 Å². The summed E-state index contributed by atoms with van der Waals surface area (Å²) in [4.78, 5) is 15.0. The molecule has 2 fully saturated rings. The number of rotatable bonds is 6. The Morgan fingerprint density at radius 2 is 1.76 bits per heavy atom. The molecule has 2 N–H and O–H groups in total. The lowest BCUT2D eigenvalue weighted by molar-refractivity contribution is 0.0498. The molecule has 34 heavy (non-hydrogen) atoms. The third-order valence-corrected chi connectivity index (χ3v) is 7.69. The van der Waals surface area contributed by atoms with Gasteiger partial charge in [0.2, 0.25) is 6.79 Å². The molecule has 7 nitrogen and oxygen atoms in total. The molecule has 2 amide bonds. The van der Waals surface area contributed by atoms with Crippen LogP contribution in [-0.2, 0) is 16.6 Å². The van der Waals surface area contributed by atoms with Gasteiger partial charge in [0.15, 0.2) is 11.5 Å². The number of aryl methyl sites for hydroxylation is 1. The standard InChI is InChI=1S/C27H34N2O5/c30-23-6-3-20(4-7-23)1-2-21-9-13-29(14-10-21)26(31)28-18-27(11-15-32-16-12-27)22-5-8-24-25(17-22)34-19-33-24/h3-8,17,21,30H,1-2,9-16,18-19H2,(H,28,31). The van der Waals surface area contributed by atoms with E-state index < -0.39 is 0 Å². The minimum Gasteiger partial charge on any atom is -0.508 e. The number of likely N-dealkylation sites (tertiary alicyclic amines) is 1. The monoisotopic (exact) mass is 466 g/mol. The molecule has 0 aliphatic carbocycles. The van der Waals surface area contributed by atoms with Crippen molar-refractivity contribution in [3.63, 3.8) is 0 Å². The number of nitrogens with one attached hydrogen (secondary N) is 1. The number of carbonyl (C=O) groups is 1. The Hall–Kier alpha value is -2.93. The molecular formula is C27H34N2O5. The number of carbonyl (C=O) groups excluding carboxylic acids is 1. The van der Waals surface area contributed by atoms with Gasteiger partial charge in [-0.1, -0.05) is 18.2 Å². The second-order valence-electron chi connectivity index (χ2n) is 9.75. The van der Waals surface area contributed by atoms with Gasteiger partial charge in [0.1, 0.15) is 5.75 Å². The fourth-order valence-electron chi connectivity index (χ4n) is 5.37. The van der Waals surface area contributed by atoms with E-state index in [-0.39, 0.29) is 18.2 Å². The molecule has 3 aliphatic heterocycles. The van der Waals surface area contributed by atoms with Crippen LogP contribution in [0.25, 0.3) is 0 Å². The van der Waals surface area contributed by atoms with Crippen LogP contribution in [0, 0.1) is 5.92 Å². The number of piperidine rings is 1. The maximum absolute atomic E-state index is 13.0. The van der Waals surface area contributed by atoms with Gasteiger partial charge in [-0.3, -0.25) is 0 Å². The minimum atomic E-state index is -0.155. The second-order valence-corrected chi connectivity index (χ2v) is 9.75. The Bertz CT molecular complexity index is 979. The molecule has 2 aromatic rings. The third-order valence-electron chi connectivity index (χ3n) is 7.69. The Morgan fingerprint density at radius 1 is 1.03 bits per heavy atom. The van der Waals surface area contributed by atoms with E-state index in [0.717, 1.165) is 63.1 Å². The molecule has 0 bridgehead atoms. The Kier molecular flexibility index (Phi) is 6.81. The molecule has 0 atom stereocenters. The van der Waals surface area contributed by atoms with Crippen molar-refractivity contribution in [2.75, 3.05) is 39.6 Å². The average Bonchev–Trinajstić information content (AvgIpc) is 3.36. The number of hydrogen-bond donors (Lipinski definition) is 2. The second kappa shape index (κ2) is 10.1. The molecule has 0 aromatic heterocycles. The fourth-order valence-corrected chi connectivity index (χ4v) is 5.37. The Balaban J connectivity index is 1.14. The number of phenols is 1. The van der Waals surface area contributed by atoms with Gasteiger partial charge in [0, 0.05) is 38.3 Å². The first-order valence-electron chi connectivity index (χ1n) is 12.4. The van der Waals surface area contributed by atoms with Gasteiger partial charge in [-0.05, 0) is 79.8 Å². The lowest BCUT2D eigenvalue weighted by atomic mass is 9.74. The number of nitrogens with zero attached hydrogens (tertiary/aromatic N) is 1. The van der Waals surface area contributed by atoms with Crippen molar-refractivity contribution in [3.8, 4) is 17.2 Å². The molecule has 7 heteroatoms. The van der Waals surface area contributed by atoms with E-state index >= 15 is 0 Å². The number of aromatic hydroxyl groups is 1. The summed E-state index contributed by atoms with van der Waals surface area (Å²) in [6, 6.07) is 13.6. The van der Waals surface area contributed by atoms with Gasteiger partial charge in [-0.25, -0.2) is 4.79 Å². The van der Waals surface area contributed by atoms with Crippen LogP contribution >= 0.6 is 0 Å². The molecule has 182 valence electrons. The van der Waals surface area contributed by atoms with E-state index in [0.29, 0.717) is 31.4 Å². The van der Waals surface area contributed by atoms with Crippen molar-refractivity contribution in [1.82, 2.24) is 10.2 Å². The van der Waals surface area contributed by atoms with E-state index in [1.54, 1.807) is 12.1 Å². The van der Waals surface area contributed by atoms with Crippen molar-refractivity contribution in [2.45, 2.75) is 43.9 Å². The van der Waals surface area contributed by atoms with Gasteiger partial charge >= 0.3 is 6.03 Å². The van der Waals surface area contributed by atoms with Crippen molar-refractivity contribution >= 4 is 6.03 Å². The third kappa shape index (κ3) is 5.09. The molecule has 0 radical (unpaired) electrons. The van der Waals surface area contributed by atoms with Crippen LogP contribution in [0.15, 0.2) is 42.5 Å². The number of ether oxygens (including phenoxy) is 3. The summed E-state index contributed by atoms with van der Waals surface area (Å²) in [5.74, 6) is 2.50. The lowest BCUT2D eigenvalue weighted by Gasteiger charge is -2.39. The van der Waals surface area contributed by atoms with Crippen LogP contribution in [0.4, 0.5) is 4.79 Å². The molecule has 0 spiro atoms. The number of benzene rings is 2. The lowest BCUT2D eigenvalue weighted by Crippen LogP contribution is -2.50. The highest BCUT2D eigenvalue weighted by atomic mass is 16.7. The van der Waals surface area contributed by atoms with Crippen molar-refractivity contribution in [1.29, 1.82) is 0 Å². The minimum absolute atomic E-state index is 0.0311. The molecule has 2 saturated heterocycles. The van der Waals surface area contributed by atoms with Crippen molar-refractivity contribution in [3.05, 3.63) is 53.6 Å². The average molecular weight is 467 g/mol. The van der Waals surface area contributed by atoms with E-state index in [1.165, 1.54) is 11.1 Å². The Labute approximate surface area is 201 Å². The van der Waals surface area contributed by atoms with Crippen LogP contribution in [0.5, 0.6) is 17.2 Å². The van der Waals surface area contributed by atoms with E-state index in [9.17, 15) is 9.90 Å². The first-order valence-corrected chi connectivity index (χ1v) is 12.4. The Morgan fingerprint density at radius 3 is 2.53 bits per heavy atom. The largest absolute Gasteiger partial charge is 0.508 e. The number of urea groups is 1. The van der Waals surface area contributed by atoms with E-state index in [1.807, 2.05) is 23.1 Å². The van der Waals surface area contributed by atoms with Crippen LogP contribution in [-0.4, -0.2) is 55.7 Å². The zero-order valence-corrected chi connectivity index (χ0v) is 19.6. The van der Waals surface area contributed by atoms with Crippen LogP contribution in [0.3, 0.4) is 0 Å². The quantitative estimate of drug-likeness (QED) is 0.666. The predicted octanol–water partition coefficient (Wildman–Crippen LogP) is 4.22. The number of hydrogen-bond acceptors (Lipinski definition) is 5. The summed E-state index contributed by atoms with van der Waals surface area (Å²) in [5.41, 5.74) is 2.27. The summed E-state index contributed by atoms with van der Waals surface area (Å²) in [7, 11) is 0. The van der Waals surface area contributed by atoms with Gasteiger partial charge in [0.05, 0.1) is 0 Å². The zero-order chi connectivity index (χ0) is 23.4. The molecule has 3 heterocycles. The molecule has 0 unspecified atom stereocenters. The number of amides is 2. The molecular weight excluding hydrogens is 432 g/mol.